The zero-order chi connectivity index (χ0) is 22.9. The number of hydrogen-bond donors (Lipinski definition) is 1. The van der Waals surface area contributed by atoms with Gasteiger partial charge < -0.3 is 9.47 Å². The lowest BCUT2D eigenvalue weighted by Gasteiger charge is -2.36. The fourth-order valence-electron chi connectivity index (χ4n) is 3.23. The molecule has 6 nitrogen and oxygen atoms in total. The van der Waals surface area contributed by atoms with Gasteiger partial charge in [-0.3, -0.25) is 15.0 Å². The summed E-state index contributed by atoms with van der Waals surface area (Å²) in [6.45, 7) is 7.57. The minimum absolute atomic E-state index is 0.271. The second-order valence-corrected chi connectivity index (χ2v) is 7.94. The number of hydrogen-bond acceptors (Lipinski definition) is 4. The van der Waals surface area contributed by atoms with E-state index in [0.717, 1.165) is 11.1 Å². The standard InChI is InChI=1S/C22H23F3N2O4/c1-5-12-13(7-9-16-19(12)31-11-10-30-16)21(29)27(22(2,3)4)26-20(28)14-6-8-15(23)18(25)17(14)24/h6-9H,5,10-11H2,1-4H3,(H,26,28). The Labute approximate surface area is 177 Å². The van der Waals surface area contributed by atoms with Crippen LogP contribution in [-0.4, -0.2) is 35.6 Å². The van der Waals surface area contributed by atoms with Gasteiger partial charge in [-0.05, 0) is 51.5 Å². The van der Waals surface area contributed by atoms with Gasteiger partial charge in [0.1, 0.15) is 13.2 Å². The number of hydrazine groups is 1. The zero-order valence-corrected chi connectivity index (χ0v) is 17.6. The Morgan fingerprint density at radius 3 is 2.29 bits per heavy atom. The quantitative estimate of drug-likeness (QED) is 0.583. The summed E-state index contributed by atoms with van der Waals surface area (Å²) in [5, 5.41) is 1.03. The van der Waals surface area contributed by atoms with Crippen molar-refractivity contribution in [3.8, 4) is 11.5 Å². The first-order valence-corrected chi connectivity index (χ1v) is 9.76. The lowest BCUT2D eigenvalue weighted by atomic mass is 9.99. The molecule has 1 heterocycles. The molecule has 2 aromatic rings. The zero-order valence-electron chi connectivity index (χ0n) is 17.6. The Hall–Kier alpha value is -3.23. The Balaban J connectivity index is 1.98. The van der Waals surface area contributed by atoms with Gasteiger partial charge in [0, 0.05) is 11.1 Å². The first-order chi connectivity index (χ1) is 14.6. The summed E-state index contributed by atoms with van der Waals surface area (Å²) in [5.41, 5.74) is 1.55. The number of carbonyl (C=O) groups excluding carboxylic acids is 2. The molecule has 0 saturated carbocycles. The van der Waals surface area contributed by atoms with E-state index in [1.165, 1.54) is 0 Å². The molecule has 0 atom stereocenters. The number of carbonyl (C=O) groups is 2. The summed E-state index contributed by atoms with van der Waals surface area (Å²) < 4.78 is 52.1. The van der Waals surface area contributed by atoms with Crippen molar-refractivity contribution in [3.63, 3.8) is 0 Å². The van der Waals surface area contributed by atoms with Gasteiger partial charge in [0.15, 0.2) is 29.0 Å². The molecule has 2 aromatic carbocycles. The summed E-state index contributed by atoms with van der Waals surface area (Å²) in [4.78, 5) is 26.0. The monoisotopic (exact) mass is 436 g/mol. The fraction of sp³-hybridized carbons (Fsp3) is 0.364. The number of fused-ring (bicyclic) bond motifs is 1. The summed E-state index contributed by atoms with van der Waals surface area (Å²) >= 11 is 0. The molecule has 0 unspecified atom stereocenters. The SMILES string of the molecule is CCc1c(C(=O)N(NC(=O)c2ccc(F)c(F)c2F)C(C)(C)C)ccc2c1OCCO2. The van der Waals surface area contributed by atoms with E-state index in [4.69, 9.17) is 9.47 Å². The van der Waals surface area contributed by atoms with Crippen LogP contribution in [0.5, 0.6) is 11.5 Å². The van der Waals surface area contributed by atoms with Crippen LogP contribution in [0.25, 0.3) is 0 Å². The molecule has 0 fully saturated rings. The molecule has 9 heteroatoms. The van der Waals surface area contributed by atoms with Crippen LogP contribution >= 0.6 is 0 Å². The van der Waals surface area contributed by atoms with E-state index >= 15 is 0 Å². The van der Waals surface area contributed by atoms with E-state index in [1.54, 1.807) is 32.9 Å². The van der Waals surface area contributed by atoms with Crippen LogP contribution < -0.4 is 14.9 Å². The number of amides is 2. The molecule has 1 aliphatic heterocycles. The predicted octanol–water partition coefficient (Wildman–Crippen LogP) is 4.02. The highest BCUT2D eigenvalue weighted by Gasteiger charge is 2.33. The topological polar surface area (TPSA) is 67.9 Å². The first-order valence-electron chi connectivity index (χ1n) is 9.76. The van der Waals surface area contributed by atoms with Crippen LogP contribution in [0.2, 0.25) is 0 Å². The molecule has 3 rings (SSSR count). The summed E-state index contributed by atoms with van der Waals surface area (Å²) in [7, 11) is 0. The summed E-state index contributed by atoms with van der Waals surface area (Å²) in [6, 6.07) is 4.64. The molecule has 0 bridgehead atoms. The molecule has 0 saturated heterocycles. The highest BCUT2D eigenvalue weighted by Crippen LogP contribution is 2.37. The summed E-state index contributed by atoms with van der Waals surface area (Å²) in [6.07, 6.45) is 0.456. The lowest BCUT2D eigenvalue weighted by Crippen LogP contribution is -2.56. The Morgan fingerprint density at radius 2 is 1.65 bits per heavy atom. The van der Waals surface area contributed by atoms with Gasteiger partial charge in [-0.15, -0.1) is 0 Å². The van der Waals surface area contributed by atoms with Crippen LogP contribution in [0.4, 0.5) is 13.2 Å². The smallest absolute Gasteiger partial charge is 0.273 e. The maximum Gasteiger partial charge on any atom is 0.273 e. The number of nitrogens with one attached hydrogen (secondary N) is 1. The first kappa shape index (κ1) is 22.5. The van der Waals surface area contributed by atoms with Crippen LogP contribution in [0, 0.1) is 17.5 Å². The normalized spacial score (nSPS) is 13.0. The van der Waals surface area contributed by atoms with Crippen molar-refractivity contribution in [2.24, 2.45) is 0 Å². The number of ether oxygens (including phenoxy) is 2. The molecular formula is C22H23F3N2O4. The Morgan fingerprint density at radius 1 is 1.00 bits per heavy atom. The highest BCUT2D eigenvalue weighted by atomic mass is 19.2. The van der Waals surface area contributed by atoms with Crippen molar-refractivity contribution in [1.82, 2.24) is 10.4 Å². The number of rotatable bonds is 3. The fourth-order valence-corrected chi connectivity index (χ4v) is 3.23. The average Bonchev–Trinajstić information content (AvgIpc) is 2.73. The van der Waals surface area contributed by atoms with Gasteiger partial charge in [-0.1, -0.05) is 6.92 Å². The van der Waals surface area contributed by atoms with E-state index in [9.17, 15) is 22.8 Å². The van der Waals surface area contributed by atoms with Crippen molar-refractivity contribution < 1.29 is 32.2 Å². The Bertz CT molecular complexity index is 1030. The van der Waals surface area contributed by atoms with Crippen molar-refractivity contribution in [3.05, 3.63) is 58.4 Å². The van der Waals surface area contributed by atoms with Crippen molar-refractivity contribution in [2.45, 2.75) is 39.7 Å². The molecule has 0 aliphatic carbocycles. The molecule has 0 radical (unpaired) electrons. The van der Waals surface area contributed by atoms with Crippen LogP contribution in [0.15, 0.2) is 24.3 Å². The van der Waals surface area contributed by atoms with Gasteiger partial charge in [0.25, 0.3) is 11.8 Å². The van der Waals surface area contributed by atoms with Crippen LogP contribution in [0.3, 0.4) is 0 Å². The van der Waals surface area contributed by atoms with E-state index in [-0.39, 0.29) is 5.56 Å². The number of benzene rings is 2. The third-order valence-electron chi connectivity index (χ3n) is 4.76. The van der Waals surface area contributed by atoms with Crippen molar-refractivity contribution >= 4 is 11.8 Å². The van der Waals surface area contributed by atoms with E-state index in [2.05, 4.69) is 5.43 Å². The number of nitrogens with zero attached hydrogens (tertiary/aromatic N) is 1. The van der Waals surface area contributed by atoms with Gasteiger partial charge in [-0.25, -0.2) is 18.2 Å². The minimum Gasteiger partial charge on any atom is -0.486 e. The second kappa shape index (κ2) is 8.49. The predicted molar refractivity (Wildman–Crippen MR) is 107 cm³/mol. The third-order valence-corrected chi connectivity index (χ3v) is 4.76. The maximum absolute atomic E-state index is 14.1. The largest absolute Gasteiger partial charge is 0.486 e. The van der Waals surface area contributed by atoms with Gasteiger partial charge in [0.05, 0.1) is 11.1 Å². The van der Waals surface area contributed by atoms with Gasteiger partial charge >= 0.3 is 0 Å². The molecule has 31 heavy (non-hydrogen) atoms. The molecule has 0 spiro atoms. The second-order valence-electron chi connectivity index (χ2n) is 7.94. The molecule has 0 aromatic heterocycles. The molecule has 166 valence electrons. The van der Waals surface area contributed by atoms with Crippen molar-refractivity contribution in [1.29, 1.82) is 0 Å². The highest BCUT2D eigenvalue weighted by molar-refractivity contribution is 6.01. The van der Waals surface area contributed by atoms with E-state index in [0.29, 0.717) is 42.8 Å². The number of halogens is 3. The van der Waals surface area contributed by atoms with E-state index in [1.807, 2.05) is 6.92 Å². The van der Waals surface area contributed by atoms with Crippen LogP contribution in [0.1, 0.15) is 54.0 Å². The maximum atomic E-state index is 14.1. The average molecular weight is 436 g/mol. The minimum atomic E-state index is -1.76. The molecule has 2 amide bonds. The lowest BCUT2D eigenvalue weighted by molar-refractivity contribution is 0.0355. The molecule has 1 aliphatic rings. The van der Waals surface area contributed by atoms with Crippen molar-refractivity contribution in [2.75, 3.05) is 13.2 Å². The van der Waals surface area contributed by atoms with Crippen LogP contribution in [-0.2, 0) is 6.42 Å². The van der Waals surface area contributed by atoms with E-state index < -0.39 is 40.4 Å². The Kier molecular flexibility index (Phi) is 6.15. The molecule has 1 N–H and O–H groups in total. The third kappa shape index (κ3) is 4.30. The van der Waals surface area contributed by atoms with Gasteiger partial charge in [0.2, 0.25) is 0 Å². The molecular weight excluding hydrogens is 413 g/mol. The summed E-state index contributed by atoms with van der Waals surface area (Å²) in [5.74, 6) is -5.48. The van der Waals surface area contributed by atoms with Gasteiger partial charge in [-0.2, -0.15) is 0 Å².